The minimum atomic E-state index is -2.54. The lowest BCUT2D eigenvalue weighted by atomic mass is 10.0. The van der Waals surface area contributed by atoms with Crippen molar-refractivity contribution in [2.24, 2.45) is 0 Å². The molecule has 0 saturated carbocycles. The van der Waals surface area contributed by atoms with Gasteiger partial charge in [-0.1, -0.05) is 74.5 Å². The molecule has 3 aromatic carbocycles. The third-order valence-electron chi connectivity index (χ3n) is 5.60. The minimum Gasteiger partial charge on any atom is -0.533 e. The van der Waals surface area contributed by atoms with Crippen LogP contribution in [0.25, 0.3) is 0 Å². The molecule has 1 aliphatic rings. The Hall–Kier alpha value is -2.65. The van der Waals surface area contributed by atoms with Crippen molar-refractivity contribution in [2.45, 2.75) is 25.8 Å². The molecule has 1 unspecified atom stereocenters. The van der Waals surface area contributed by atoms with Crippen LogP contribution in [0.3, 0.4) is 0 Å². The summed E-state index contributed by atoms with van der Waals surface area (Å²) in [6, 6.07) is 24.9. The van der Waals surface area contributed by atoms with Crippen molar-refractivity contribution in [1.29, 1.82) is 0 Å². The van der Waals surface area contributed by atoms with Gasteiger partial charge in [-0.2, -0.15) is 0 Å². The molecule has 2 nitrogen and oxygen atoms in total. The first-order chi connectivity index (χ1) is 12.5. The topological polar surface area (TPSA) is 26.3 Å². The highest BCUT2D eigenvalue weighted by Gasteiger charge is 2.64. The maximum Gasteiger partial charge on any atom is 0.324 e. The number of benzene rings is 3. The molecule has 3 aromatic rings. The fourth-order valence-corrected chi connectivity index (χ4v) is 9.10. The lowest BCUT2D eigenvalue weighted by molar-refractivity contribution is 0.112. The quantitative estimate of drug-likeness (QED) is 0.524. The molecule has 26 heavy (non-hydrogen) atoms. The molecule has 0 bridgehead atoms. The van der Waals surface area contributed by atoms with Gasteiger partial charge in [0.05, 0.1) is 5.56 Å². The number of aldehydes is 1. The predicted molar refractivity (Wildman–Crippen MR) is 108 cm³/mol. The predicted octanol–water partition coefficient (Wildman–Crippen LogP) is 3.78. The van der Waals surface area contributed by atoms with Gasteiger partial charge in [-0.25, -0.2) is 0 Å². The van der Waals surface area contributed by atoms with Crippen LogP contribution in [-0.4, -0.2) is 14.6 Å². The molecule has 1 aliphatic heterocycles. The van der Waals surface area contributed by atoms with Gasteiger partial charge in [0, 0.05) is 5.04 Å². The van der Waals surface area contributed by atoms with Crippen LogP contribution in [-0.2, 0) is 5.04 Å². The largest absolute Gasteiger partial charge is 0.533 e. The van der Waals surface area contributed by atoms with E-state index in [1.165, 1.54) is 15.9 Å². The zero-order valence-corrected chi connectivity index (χ0v) is 16.3. The third-order valence-corrected chi connectivity index (χ3v) is 10.5. The van der Waals surface area contributed by atoms with Crippen LogP contribution < -0.4 is 14.8 Å². The van der Waals surface area contributed by atoms with Crippen LogP contribution in [0.5, 0.6) is 5.75 Å². The summed E-state index contributed by atoms with van der Waals surface area (Å²) in [5, 5.41) is 2.45. The molecule has 0 aromatic heterocycles. The number of aryl methyl sites for hydroxylation is 1. The number of carbonyl (C=O) groups excluding carboxylic acids is 1. The monoisotopic (exact) mass is 358 g/mol. The molecule has 130 valence electrons. The first kappa shape index (κ1) is 16.8. The fourth-order valence-electron chi connectivity index (χ4n) is 4.22. The Morgan fingerprint density at radius 2 is 1.62 bits per heavy atom. The smallest absolute Gasteiger partial charge is 0.324 e. The first-order valence-electron chi connectivity index (χ1n) is 8.91. The van der Waals surface area contributed by atoms with Gasteiger partial charge in [0.1, 0.15) is 5.75 Å². The zero-order valence-electron chi connectivity index (χ0n) is 15.3. The Morgan fingerprint density at radius 3 is 2.35 bits per heavy atom. The molecule has 3 heteroatoms. The van der Waals surface area contributed by atoms with Crippen molar-refractivity contribution in [3.8, 4) is 5.75 Å². The lowest BCUT2D eigenvalue weighted by Gasteiger charge is -2.54. The molecule has 0 amide bonds. The zero-order chi connectivity index (χ0) is 18.4. The third kappa shape index (κ3) is 2.20. The molecule has 0 radical (unpaired) electrons. The second-order valence-electron chi connectivity index (χ2n) is 7.48. The summed E-state index contributed by atoms with van der Waals surface area (Å²) in [4.78, 5) is 11.6. The number of carbonyl (C=O) groups is 1. The van der Waals surface area contributed by atoms with Gasteiger partial charge in [-0.15, -0.1) is 0 Å². The van der Waals surface area contributed by atoms with E-state index in [-0.39, 0.29) is 5.04 Å². The maximum absolute atomic E-state index is 11.6. The van der Waals surface area contributed by atoms with E-state index in [1.54, 1.807) is 0 Å². The van der Waals surface area contributed by atoms with Crippen LogP contribution in [0.1, 0.15) is 35.3 Å². The first-order valence-corrected chi connectivity index (χ1v) is 10.8. The Kier molecular flexibility index (Phi) is 3.85. The van der Waals surface area contributed by atoms with Gasteiger partial charge < -0.3 is 4.43 Å². The molecule has 4 rings (SSSR count). The summed E-state index contributed by atoms with van der Waals surface area (Å²) in [6.07, 6.45) is 0.888. The molecule has 1 heterocycles. The highest BCUT2D eigenvalue weighted by molar-refractivity contribution is 7.03. The number of hydrogen-bond acceptors (Lipinski definition) is 2. The van der Waals surface area contributed by atoms with Crippen molar-refractivity contribution in [1.82, 2.24) is 0 Å². The molecular formula is C23H22O2Si. The highest BCUT2D eigenvalue weighted by Crippen LogP contribution is 2.43. The van der Waals surface area contributed by atoms with Crippen LogP contribution in [0.15, 0.2) is 72.8 Å². The molecule has 0 aliphatic carbocycles. The SMILES string of the molecule is Cc1ccc(C=O)c(O[Si]2(c3ccccc3)c3ccccc3C2(C)C)c1. The fraction of sp³-hybridized carbons (Fsp3) is 0.174. The van der Waals surface area contributed by atoms with Crippen LogP contribution in [0.2, 0.25) is 0 Å². The molecule has 1 atom stereocenters. The van der Waals surface area contributed by atoms with E-state index < -0.39 is 8.32 Å². The highest BCUT2D eigenvalue weighted by atomic mass is 28.4. The van der Waals surface area contributed by atoms with E-state index in [1.807, 2.05) is 31.2 Å². The Bertz CT molecular complexity index is 979. The van der Waals surface area contributed by atoms with E-state index >= 15 is 0 Å². The lowest BCUT2D eigenvalue weighted by Crippen LogP contribution is -2.82. The van der Waals surface area contributed by atoms with Crippen LogP contribution >= 0.6 is 0 Å². The van der Waals surface area contributed by atoms with Gasteiger partial charge in [0.15, 0.2) is 6.29 Å². The van der Waals surface area contributed by atoms with Gasteiger partial charge in [0.2, 0.25) is 0 Å². The summed E-state index contributed by atoms with van der Waals surface area (Å²) in [7, 11) is -2.54. The van der Waals surface area contributed by atoms with E-state index in [0.717, 1.165) is 11.8 Å². The second-order valence-corrected chi connectivity index (χ2v) is 11.4. The number of hydrogen-bond donors (Lipinski definition) is 0. The van der Waals surface area contributed by atoms with Crippen molar-refractivity contribution < 1.29 is 9.22 Å². The van der Waals surface area contributed by atoms with Crippen molar-refractivity contribution in [3.63, 3.8) is 0 Å². The summed E-state index contributed by atoms with van der Waals surface area (Å²) >= 11 is 0. The van der Waals surface area contributed by atoms with Gasteiger partial charge in [-0.05, 0) is 40.6 Å². The van der Waals surface area contributed by atoms with E-state index in [9.17, 15) is 4.79 Å². The van der Waals surface area contributed by atoms with Crippen LogP contribution in [0, 0.1) is 6.92 Å². The molecule has 0 fully saturated rings. The molecule has 0 saturated heterocycles. The normalized spacial score (nSPS) is 20.0. The average molecular weight is 359 g/mol. The van der Waals surface area contributed by atoms with Crippen LogP contribution in [0.4, 0.5) is 0 Å². The summed E-state index contributed by atoms with van der Waals surface area (Å²) < 4.78 is 6.88. The summed E-state index contributed by atoms with van der Waals surface area (Å²) in [6.45, 7) is 6.56. The second kappa shape index (κ2) is 5.96. The molecule has 0 N–H and O–H groups in total. The summed E-state index contributed by atoms with van der Waals surface area (Å²) in [5.74, 6) is 0.693. The number of fused-ring (bicyclic) bond motifs is 1. The van der Waals surface area contributed by atoms with E-state index in [0.29, 0.717) is 11.3 Å². The van der Waals surface area contributed by atoms with Gasteiger partial charge in [0.25, 0.3) is 0 Å². The maximum atomic E-state index is 11.6. The standard InChI is InChI=1S/C23H22O2Si/c1-17-13-14-18(16-24)21(15-17)25-26(19-9-5-4-6-10-19)22-12-8-7-11-20(22)23(26,2)3/h4-16H,1-3H3. The summed E-state index contributed by atoms with van der Waals surface area (Å²) in [5.41, 5.74) is 3.04. The Balaban J connectivity index is 1.96. The van der Waals surface area contributed by atoms with Crippen molar-refractivity contribution >= 4 is 25.0 Å². The molecular weight excluding hydrogens is 336 g/mol. The van der Waals surface area contributed by atoms with Crippen molar-refractivity contribution in [2.75, 3.05) is 0 Å². The molecule has 0 spiro atoms. The number of rotatable bonds is 4. The van der Waals surface area contributed by atoms with E-state index in [4.69, 9.17) is 4.43 Å². The van der Waals surface area contributed by atoms with Crippen molar-refractivity contribution in [3.05, 3.63) is 89.5 Å². The minimum absolute atomic E-state index is 0.0884. The van der Waals surface area contributed by atoms with Gasteiger partial charge >= 0.3 is 8.32 Å². The van der Waals surface area contributed by atoms with Gasteiger partial charge in [-0.3, -0.25) is 4.79 Å². The Morgan fingerprint density at radius 1 is 0.923 bits per heavy atom. The average Bonchev–Trinajstić information content (AvgIpc) is 2.67. The Labute approximate surface area is 155 Å². The van der Waals surface area contributed by atoms with E-state index in [2.05, 4.69) is 62.4 Å².